The Morgan fingerprint density at radius 1 is 1.53 bits per heavy atom. The van der Waals surface area contributed by atoms with Crippen LogP contribution in [0.4, 0.5) is 5.82 Å². The van der Waals surface area contributed by atoms with E-state index in [4.69, 9.17) is 16.7 Å². The maximum absolute atomic E-state index is 8.87. The van der Waals surface area contributed by atoms with Crippen molar-refractivity contribution < 1.29 is 5.11 Å². The summed E-state index contributed by atoms with van der Waals surface area (Å²) in [5.74, 6) is 0.637. The second-order valence-corrected chi connectivity index (χ2v) is 4.62. The molecule has 4 nitrogen and oxygen atoms in total. The molecule has 1 rings (SSSR count). The van der Waals surface area contributed by atoms with E-state index >= 15 is 0 Å². The Bertz CT molecular complexity index is 317. The van der Waals surface area contributed by atoms with Crippen molar-refractivity contribution in [2.45, 2.75) is 20.3 Å². The van der Waals surface area contributed by atoms with Crippen molar-refractivity contribution in [3.63, 3.8) is 0 Å². The molecule has 1 aromatic heterocycles. The SMILES string of the molecule is CC(C)(CCO)CNc1ncncc1Cl. The van der Waals surface area contributed by atoms with E-state index in [1.165, 1.54) is 6.33 Å². The first kappa shape index (κ1) is 12.2. The molecule has 0 fully saturated rings. The van der Waals surface area contributed by atoms with Gasteiger partial charge in [-0.3, -0.25) is 0 Å². The van der Waals surface area contributed by atoms with Crippen LogP contribution in [0.25, 0.3) is 0 Å². The number of hydrogen-bond acceptors (Lipinski definition) is 4. The largest absolute Gasteiger partial charge is 0.396 e. The van der Waals surface area contributed by atoms with Crippen molar-refractivity contribution in [1.82, 2.24) is 9.97 Å². The zero-order valence-corrected chi connectivity index (χ0v) is 9.75. The molecule has 84 valence electrons. The number of halogens is 1. The fraction of sp³-hybridized carbons (Fsp3) is 0.600. The zero-order chi connectivity index (χ0) is 11.3. The molecule has 5 heteroatoms. The second kappa shape index (κ2) is 5.28. The van der Waals surface area contributed by atoms with Crippen LogP contribution in [-0.4, -0.2) is 28.2 Å². The third-order valence-electron chi connectivity index (χ3n) is 2.19. The van der Waals surface area contributed by atoms with Gasteiger partial charge < -0.3 is 10.4 Å². The molecule has 0 radical (unpaired) electrons. The van der Waals surface area contributed by atoms with Gasteiger partial charge in [0, 0.05) is 13.2 Å². The summed E-state index contributed by atoms with van der Waals surface area (Å²) < 4.78 is 0. The minimum Gasteiger partial charge on any atom is -0.396 e. The van der Waals surface area contributed by atoms with Gasteiger partial charge >= 0.3 is 0 Å². The number of nitrogens with zero attached hydrogens (tertiary/aromatic N) is 2. The van der Waals surface area contributed by atoms with Gasteiger partial charge in [-0.05, 0) is 11.8 Å². The van der Waals surface area contributed by atoms with Gasteiger partial charge in [0.25, 0.3) is 0 Å². The second-order valence-electron chi connectivity index (χ2n) is 4.21. The molecule has 0 bridgehead atoms. The number of hydrogen-bond donors (Lipinski definition) is 2. The molecule has 2 N–H and O–H groups in total. The first-order chi connectivity index (χ1) is 7.05. The summed E-state index contributed by atoms with van der Waals surface area (Å²) >= 11 is 5.89. The average molecular weight is 230 g/mol. The van der Waals surface area contributed by atoms with Crippen LogP contribution in [-0.2, 0) is 0 Å². The topological polar surface area (TPSA) is 58.0 Å². The Kier molecular flexibility index (Phi) is 4.29. The third-order valence-corrected chi connectivity index (χ3v) is 2.47. The van der Waals surface area contributed by atoms with Crippen molar-refractivity contribution in [3.8, 4) is 0 Å². The summed E-state index contributed by atoms with van der Waals surface area (Å²) in [4.78, 5) is 7.83. The summed E-state index contributed by atoms with van der Waals surface area (Å²) in [5.41, 5.74) is 0.0169. The number of anilines is 1. The van der Waals surface area contributed by atoms with Crippen LogP contribution in [0.5, 0.6) is 0 Å². The van der Waals surface area contributed by atoms with Crippen LogP contribution >= 0.6 is 11.6 Å². The van der Waals surface area contributed by atoms with Crippen molar-refractivity contribution in [1.29, 1.82) is 0 Å². The average Bonchev–Trinajstić information content (AvgIpc) is 2.16. The molecule has 0 saturated heterocycles. The molecule has 0 aliphatic rings. The number of aliphatic hydroxyl groups is 1. The quantitative estimate of drug-likeness (QED) is 0.811. The highest BCUT2D eigenvalue weighted by Crippen LogP contribution is 2.22. The molecular weight excluding hydrogens is 214 g/mol. The maximum atomic E-state index is 8.87. The van der Waals surface area contributed by atoms with Gasteiger partial charge in [-0.2, -0.15) is 0 Å². The monoisotopic (exact) mass is 229 g/mol. The molecule has 0 unspecified atom stereocenters. The number of aromatic nitrogens is 2. The van der Waals surface area contributed by atoms with Gasteiger partial charge in [-0.1, -0.05) is 25.4 Å². The number of rotatable bonds is 5. The smallest absolute Gasteiger partial charge is 0.148 e. The lowest BCUT2D eigenvalue weighted by Gasteiger charge is -2.24. The van der Waals surface area contributed by atoms with E-state index in [-0.39, 0.29) is 12.0 Å². The standard InChI is InChI=1S/C10H16ClN3O/c1-10(2,3-4-15)6-13-9-8(11)5-12-7-14-9/h5,7,15H,3-4,6H2,1-2H3,(H,12,13,14). The van der Waals surface area contributed by atoms with E-state index in [1.54, 1.807) is 6.20 Å². The predicted molar refractivity (Wildman–Crippen MR) is 61.0 cm³/mol. The van der Waals surface area contributed by atoms with Gasteiger partial charge in [0.2, 0.25) is 0 Å². The van der Waals surface area contributed by atoms with Gasteiger partial charge in [-0.25, -0.2) is 9.97 Å². The third kappa shape index (κ3) is 4.01. The fourth-order valence-electron chi connectivity index (χ4n) is 1.16. The van der Waals surface area contributed by atoms with Crippen LogP contribution in [0.2, 0.25) is 5.02 Å². The first-order valence-corrected chi connectivity index (χ1v) is 5.23. The molecule has 0 spiro atoms. The van der Waals surface area contributed by atoms with Crippen molar-refractivity contribution in [2.24, 2.45) is 5.41 Å². The molecule has 1 heterocycles. The van der Waals surface area contributed by atoms with Gasteiger partial charge in [-0.15, -0.1) is 0 Å². The van der Waals surface area contributed by atoms with Gasteiger partial charge in [0.1, 0.15) is 17.2 Å². The Morgan fingerprint density at radius 3 is 2.87 bits per heavy atom. The Morgan fingerprint density at radius 2 is 2.27 bits per heavy atom. The van der Waals surface area contributed by atoms with Crippen LogP contribution in [0, 0.1) is 5.41 Å². The summed E-state index contributed by atoms with van der Waals surface area (Å²) in [6.07, 6.45) is 3.74. The molecule has 0 amide bonds. The molecule has 0 aromatic carbocycles. The normalized spacial score (nSPS) is 11.5. The fourth-order valence-corrected chi connectivity index (χ4v) is 1.33. The van der Waals surface area contributed by atoms with Gasteiger partial charge in [0.05, 0.1) is 6.20 Å². The summed E-state index contributed by atoms with van der Waals surface area (Å²) in [6, 6.07) is 0. The molecule has 0 saturated carbocycles. The lowest BCUT2D eigenvalue weighted by Crippen LogP contribution is -2.24. The Hall–Kier alpha value is -0.870. The lowest BCUT2D eigenvalue weighted by molar-refractivity contribution is 0.220. The molecule has 0 aliphatic heterocycles. The summed E-state index contributed by atoms with van der Waals surface area (Å²) in [7, 11) is 0. The highest BCUT2D eigenvalue weighted by atomic mass is 35.5. The number of aliphatic hydroxyl groups excluding tert-OH is 1. The van der Waals surface area contributed by atoms with E-state index in [9.17, 15) is 0 Å². The van der Waals surface area contributed by atoms with Crippen LogP contribution in [0.3, 0.4) is 0 Å². The van der Waals surface area contributed by atoms with Crippen LogP contribution in [0.1, 0.15) is 20.3 Å². The highest BCUT2D eigenvalue weighted by Gasteiger charge is 2.17. The molecule has 15 heavy (non-hydrogen) atoms. The Balaban J connectivity index is 2.53. The van der Waals surface area contributed by atoms with Crippen molar-refractivity contribution in [3.05, 3.63) is 17.5 Å². The Labute approximate surface area is 94.7 Å². The summed E-state index contributed by atoms with van der Waals surface area (Å²) in [6.45, 7) is 5.05. The minimum absolute atomic E-state index is 0.0169. The van der Waals surface area contributed by atoms with Crippen molar-refractivity contribution in [2.75, 3.05) is 18.5 Å². The zero-order valence-electron chi connectivity index (χ0n) is 9.00. The van der Waals surface area contributed by atoms with Crippen LogP contribution in [0.15, 0.2) is 12.5 Å². The van der Waals surface area contributed by atoms with Gasteiger partial charge in [0.15, 0.2) is 0 Å². The van der Waals surface area contributed by atoms with E-state index in [0.29, 0.717) is 17.4 Å². The molecular formula is C10H16ClN3O. The van der Waals surface area contributed by atoms with E-state index in [0.717, 1.165) is 6.42 Å². The summed E-state index contributed by atoms with van der Waals surface area (Å²) in [5, 5.41) is 12.5. The first-order valence-electron chi connectivity index (χ1n) is 4.85. The van der Waals surface area contributed by atoms with Crippen molar-refractivity contribution >= 4 is 17.4 Å². The predicted octanol–water partition coefficient (Wildman–Crippen LogP) is 1.95. The number of nitrogens with one attached hydrogen (secondary N) is 1. The lowest BCUT2D eigenvalue weighted by atomic mass is 9.90. The van der Waals surface area contributed by atoms with Crippen LogP contribution < -0.4 is 5.32 Å². The molecule has 0 aliphatic carbocycles. The van der Waals surface area contributed by atoms with E-state index < -0.39 is 0 Å². The van der Waals surface area contributed by atoms with E-state index in [1.807, 2.05) is 0 Å². The minimum atomic E-state index is 0.0169. The highest BCUT2D eigenvalue weighted by molar-refractivity contribution is 6.32. The molecule has 1 aromatic rings. The molecule has 0 atom stereocenters. The maximum Gasteiger partial charge on any atom is 0.148 e. The van der Waals surface area contributed by atoms with E-state index in [2.05, 4.69) is 29.1 Å².